The molecule has 0 spiro atoms. The van der Waals surface area contributed by atoms with E-state index in [0.29, 0.717) is 34.6 Å². The van der Waals surface area contributed by atoms with Gasteiger partial charge in [0.25, 0.3) is 0 Å². The van der Waals surface area contributed by atoms with Crippen molar-refractivity contribution >= 4 is 58.8 Å². The number of fused-ring (bicyclic) bond motifs is 7. The molecule has 3 aromatic rings. The van der Waals surface area contributed by atoms with Gasteiger partial charge in [-0.15, -0.1) is 33.5 Å². The number of carbonyl (C=O) groups is 2. The van der Waals surface area contributed by atoms with Gasteiger partial charge in [-0.25, -0.2) is 0 Å². The summed E-state index contributed by atoms with van der Waals surface area (Å²) in [4.78, 5) is 42.4. The Morgan fingerprint density at radius 1 is 0.850 bits per heavy atom. The third-order valence-electron chi connectivity index (χ3n) is 13.2. The number of hydrogen-bond acceptors (Lipinski definition) is 5. The number of hydrogen-bond donors (Lipinski definition) is 1. The molecule has 0 amide bonds. The fraction of sp³-hybridized carbons (Fsp3) is 0.560. The predicted molar refractivity (Wildman–Crippen MR) is 241 cm³/mol. The molecule has 5 atom stereocenters. The zero-order valence-electron chi connectivity index (χ0n) is 38.1. The SMILES string of the molecule is CCc1c2[n-]c(c1C)/C=C1\[N-]/C(=C3\c4[n-]c(c(C)c4[C@H](O)[C@@H]3C(=O)OC)/C=c3\[n-]/c(c(C)c3CC)=C\2)[C@@H](CCC(=O)OC/C=C(/C)CCC[C@@H](C)CCCC(C)C)[C@@H]1C.[Mg+2]. The van der Waals surface area contributed by atoms with Gasteiger partial charge in [0.2, 0.25) is 0 Å². The Hall–Kier alpha value is -3.73. The van der Waals surface area contributed by atoms with Gasteiger partial charge < -0.3 is 34.8 Å². The number of allylic oxidation sites excluding steroid dienone is 3. The van der Waals surface area contributed by atoms with Crippen LogP contribution in [0.25, 0.3) is 29.1 Å². The third-order valence-corrected chi connectivity index (χ3v) is 13.2. The fourth-order valence-corrected chi connectivity index (χ4v) is 9.53. The van der Waals surface area contributed by atoms with Crippen molar-refractivity contribution in [2.45, 2.75) is 140 Å². The zero-order valence-corrected chi connectivity index (χ0v) is 39.5. The largest absolute Gasteiger partial charge is 2.00 e. The van der Waals surface area contributed by atoms with Crippen LogP contribution in [-0.2, 0) is 31.9 Å². The second kappa shape index (κ2) is 20.4. The van der Waals surface area contributed by atoms with Gasteiger partial charge in [-0.1, -0.05) is 124 Å². The molecule has 0 aromatic carbocycles. The summed E-state index contributed by atoms with van der Waals surface area (Å²) >= 11 is 0. The normalized spacial score (nSPS) is 23.2. The first-order valence-corrected chi connectivity index (χ1v) is 22.1. The van der Waals surface area contributed by atoms with E-state index in [1.54, 1.807) is 0 Å². The number of methoxy groups -OCH3 is 1. The van der Waals surface area contributed by atoms with Gasteiger partial charge in [-0.2, -0.15) is 11.4 Å². The van der Waals surface area contributed by atoms with Gasteiger partial charge in [-0.05, 0) is 95.1 Å². The molecule has 2 aliphatic heterocycles. The maximum Gasteiger partial charge on any atom is 2.00 e. The minimum absolute atomic E-state index is 0. The van der Waals surface area contributed by atoms with E-state index in [1.165, 1.54) is 43.9 Å². The number of ether oxygens (including phenoxy) is 2. The van der Waals surface area contributed by atoms with Crippen LogP contribution in [0.1, 0.15) is 162 Å². The summed E-state index contributed by atoms with van der Waals surface area (Å²) in [6.07, 6.45) is 16.5. The Kier molecular flexibility index (Phi) is 16.1. The van der Waals surface area contributed by atoms with Crippen LogP contribution in [0.5, 0.6) is 0 Å². The Labute approximate surface area is 374 Å². The molecule has 5 heterocycles. The maximum atomic E-state index is 13.6. The fourth-order valence-electron chi connectivity index (χ4n) is 9.53. The summed E-state index contributed by atoms with van der Waals surface area (Å²) in [6.45, 7) is 21.8. The van der Waals surface area contributed by atoms with Gasteiger partial charge >= 0.3 is 35.0 Å². The van der Waals surface area contributed by atoms with Crippen molar-refractivity contribution in [2.24, 2.45) is 29.6 Å². The van der Waals surface area contributed by atoms with Crippen molar-refractivity contribution < 1.29 is 24.2 Å². The number of nitrogens with zero attached hydrogens (tertiary/aromatic N) is 4. The second-order valence-corrected chi connectivity index (χ2v) is 17.8. The van der Waals surface area contributed by atoms with E-state index >= 15 is 0 Å². The van der Waals surface area contributed by atoms with Gasteiger partial charge in [0.15, 0.2) is 0 Å². The van der Waals surface area contributed by atoms with Gasteiger partial charge in [0.05, 0.1) is 13.2 Å². The van der Waals surface area contributed by atoms with E-state index < -0.39 is 18.0 Å². The van der Waals surface area contributed by atoms with Crippen LogP contribution in [0.15, 0.2) is 23.0 Å². The van der Waals surface area contributed by atoms with Gasteiger partial charge in [0.1, 0.15) is 12.5 Å². The van der Waals surface area contributed by atoms with Gasteiger partial charge in [0, 0.05) is 6.42 Å². The first-order chi connectivity index (χ1) is 28.2. The molecule has 8 bridgehead atoms. The summed E-state index contributed by atoms with van der Waals surface area (Å²) in [7, 11) is 1.34. The van der Waals surface area contributed by atoms with Crippen molar-refractivity contribution in [1.29, 1.82) is 0 Å². The average Bonchev–Trinajstić information content (AvgIpc) is 3.94. The molecule has 0 unspecified atom stereocenters. The first kappa shape index (κ1) is 47.3. The van der Waals surface area contributed by atoms with Crippen LogP contribution >= 0.6 is 0 Å². The molecule has 1 fully saturated rings. The number of carbonyl (C=O) groups excluding carboxylic acids is 2. The Morgan fingerprint density at radius 3 is 2.22 bits per heavy atom. The van der Waals surface area contributed by atoms with Crippen LogP contribution in [0.4, 0.5) is 0 Å². The quantitative estimate of drug-likeness (QED) is 0.0868. The van der Waals surface area contributed by atoms with E-state index in [1.807, 2.05) is 19.1 Å². The minimum Gasteiger partial charge on any atom is -0.664 e. The summed E-state index contributed by atoms with van der Waals surface area (Å²) < 4.78 is 11.1. The van der Waals surface area contributed by atoms with E-state index in [9.17, 15) is 14.7 Å². The van der Waals surface area contributed by atoms with Crippen molar-refractivity contribution in [3.8, 4) is 0 Å². The molecule has 1 N–H and O–H groups in total. The summed E-state index contributed by atoms with van der Waals surface area (Å²) in [5, 5.41) is 19.0. The summed E-state index contributed by atoms with van der Waals surface area (Å²) in [5.41, 5.74) is 12.2. The molecule has 0 radical (unpaired) electrons. The second-order valence-electron chi connectivity index (χ2n) is 17.8. The molecule has 320 valence electrons. The number of aliphatic hydroxyl groups excluding tert-OH is 1. The van der Waals surface area contributed by atoms with Crippen molar-refractivity contribution in [3.63, 3.8) is 0 Å². The number of aliphatic hydroxyl groups is 1. The Bertz CT molecular complexity index is 2270. The number of rotatable bonds is 16. The van der Waals surface area contributed by atoms with Crippen molar-refractivity contribution in [2.75, 3.05) is 13.7 Å². The predicted octanol–water partition coefficient (Wildman–Crippen LogP) is 8.33. The third kappa shape index (κ3) is 9.81. The molecule has 60 heavy (non-hydrogen) atoms. The van der Waals surface area contributed by atoms with E-state index in [0.717, 1.165) is 87.6 Å². The molecule has 6 rings (SSSR count). The summed E-state index contributed by atoms with van der Waals surface area (Å²) in [5.74, 6) is -0.728. The standard InChI is InChI=1S/C50H66N4O5.Mg/c1-12-34-30(7)37-24-39-32(9)36(20-21-43(55)59-23-22-29(6)19-15-18-28(5)17-14-16-27(3)4)47(53-39)45-46(50(57)58-11)49(56)44-33(10)40(54-48(44)45)26-42-35(13-2)31(8)38(52-42)25-41(34)51-37;/h22,24-28,32,36,46,49,56H,12-21,23H2,1-11H3;/q-4;+2/b29-22-,38-25-,39-24-,42-26-,47-45-;/t28-,32-,36-,46+,49-;/m0./s1. The number of esters is 2. The molecule has 1 aliphatic carbocycles. The molecule has 0 saturated carbocycles. The topological polar surface area (TPSA) is 129 Å². The number of aromatic nitrogens is 3. The van der Waals surface area contributed by atoms with Crippen LogP contribution in [0.3, 0.4) is 0 Å². The monoisotopic (exact) mass is 826 g/mol. The zero-order chi connectivity index (χ0) is 42.7. The Balaban J connectivity index is 0.00000683. The molecular weight excluding hydrogens is 761 g/mol. The summed E-state index contributed by atoms with van der Waals surface area (Å²) in [6, 6.07) is 0. The smallest absolute Gasteiger partial charge is 0.664 e. The van der Waals surface area contributed by atoms with Crippen LogP contribution in [-0.4, -0.2) is 53.8 Å². The molecular formula is C50H66MgN4O5-2. The van der Waals surface area contributed by atoms with E-state index in [4.69, 9.17) is 29.7 Å². The minimum atomic E-state index is -1.17. The van der Waals surface area contributed by atoms with Gasteiger partial charge in [-0.3, -0.25) is 9.59 Å². The molecule has 9 nitrogen and oxygen atoms in total. The van der Waals surface area contributed by atoms with E-state index in [2.05, 4.69) is 74.5 Å². The maximum absolute atomic E-state index is 13.6. The Morgan fingerprint density at radius 2 is 1.53 bits per heavy atom. The van der Waals surface area contributed by atoms with Crippen LogP contribution in [0.2, 0.25) is 0 Å². The molecule has 3 aromatic heterocycles. The van der Waals surface area contributed by atoms with Crippen molar-refractivity contribution in [3.05, 3.63) is 95.2 Å². The molecule has 1 saturated heterocycles. The molecule has 10 heteroatoms. The van der Waals surface area contributed by atoms with E-state index in [-0.39, 0.29) is 53.9 Å². The van der Waals surface area contributed by atoms with Crippen LogP contribution in [0, 0.1) is 50.4 Å². The first-order valence-electron chi connectivity index (χ1n) is 22.1. The molecule has 3 aliphatic rings. The average molecular weight is 827 g/mol. The van der Waals surface area contributed by atoms with Crippen LogP contribution < -0.4 is 25.7 Å². The van der Waals surface area contributed by atoms with Crippen molar-refractivity contribution in [1.82, 2.24) is 15.0 Å².